The van der Waals surface area contributed by atoms with Crippen LogP contribution < -0.4 is 0 Å². The van der Waals surface area contributed by atoms with Gasteiger partial charge in [0.15, 0.2) is 5.78 Å². The number of carbonyl (C=O) groups is 3. The van der Waals surface area contributed by atoms with Crippen LogP contribution >= 0.6 is 0 Å². The van der Waals surface area contributed by atoms with E-state index in [1.165, 1.54) is 6.92 Å². The standard InChI is InChI=1S/C21H29NO4/c1-14(23)18(15-9-7-6-8-10-15)19(24)16-11-12-17(13-16)22(5)20(25)26-21(2,3)4/h6-10,16-18H,11-13H2,1-5H3. The quantitative estimate of drug-likeness (QED) is 0.747. The third kappa shape index (κ3) is 4.93. The summed E-state index contributed by atoms with van der Waals surface area (Å²) >= 11 is 0. The van der Waals surface area contributed by atoms with Gasteiger partial charge in [-0.2, -0.15) is 0 Å². The van der Waals surface area contributed by atoms with Crippen molar-refractivity contribution < 1.29 is 19.1 Å². The van der Waals surface area contributed by atoms with Gasteiger partial charge in [0.25, 0.3) is 0 Å². The van der Waals surface area contributed by atoms with E-state index in [-0.39, 0.29) is 29.6 Å². The third-order valence-corrected chi connectivity index (χ3v) is 4.86. The van der Waals surface area contributed by atoms with Gasteiger partial charge in [-0.25, -0.2) is 4.79 Å². The molecule has 1 amide bonds. The lowest BCUT2D eigenvalue weighted by Crippen LogP contribution is -2.40. The molecule has 2 rings (SSSR count). The number of hydrogen-bond acceptors (Lipinski definition) is 4. The maximum atomic E-state index is 13.0. The van der Waals surface area contributed by atoms with Crippen LogP contribution in [-0.2, 0) is 14.3 Å². The molecule has 0 aliphatic heterocycles. The molecule has 1 aromatic carbocycles. The minimum Gasteiger partial charge on any atom is -0.444 e. The molecule has 142 valence electrons. The highest BCUT2D eigenvalue weighted by Gasteiger charge is 2.39. The summed E-state index contributed by atoms with van der Waals surface area (Å²) in [5.74, 6) is -1.10. The van der Waals surface area contributed by atoms with Crippen molar-refractivity contribution in [2.75, 3.05) is 7.05 Å². The summed E-state index contributed by atoms with van der Waals surface area (Å²) in [6, 6.07) is 9.15. The molecule has 1 saturated carbocycles. The minimum atomic E-state index is -0.716. The second kappa shape index (κ2) is 8.02. The molecule has 1 aliphatic rings. The fourth-order valence-corrected chi connectivity index (χ4v) is 3.53. The van der Waals surface area contributed by atoms with Crippen molar-refractivity contribution in [1.29, 1.82) is 0 Å². The fourth-order valence-electron chi connectivity index (χ4n) is 3.53. The van der Waals surface area contributed by atoms with E-state index >= 15 is 0 Å². The van der Waals surface area contributed by atoms with E-state index in [2.05, 4.69) is 0 Å². The van der Waals surface area contributed by atoms with Gasteiger partial charge < -0.3 is 9.64 Å². The molecular weight excluding hydrogens is 330 g/mol. The molecule has 3 atom stereocenters. The molecule has 0 N–H and O–H groups in total. The summed E-state index contributed by atoms with van der Waals surface area (Å²) in [6.45, 7) is 6.96. The van der Waals surface area contributed by atoms with Crippen molar-refractivity contribution >= 4 is 17.7 Å². The number of Topliss-reactive ketones (excluding diaryl/α,β-unsaturated/α-hetero) is 2. The Morgan fingerprint density at radius 1 is 1.12 bits per heavy atom. The predicted octanol–water partition coefficient (Wildman–Crippen LogP) is 3.96. The number of benzene rings is 1. The van der Waals surface area contributed by atoms with Crippen LogP contribution in [0.15, 0.2) is 30.3 Å². The molecule has 26 heavy (non-hydrogen) atoms. The fraction of sp³-hybridized carbons (Fsp3) is 0.571. The lowest BCUT2D eigenvalue weighted by atomic mass is 9.84. The smallest absolute Gasteiger partial charge is 0.410 e. The number of rotatable bonds is 5. The Hall–Kier alpha value is -2.17. The Morgan fingerprint density at radius 2 is 1.73 bits per heavy atom. The van der Waals surface area contributed by atoms with Gasteiger partial charge in [0, 0.05) is 19.0 Å². The summed E-state index contributed by atoms with van der Waals surface area (Å²) in [7, 11) is 1.71. The molecule has 0 heterocycles. The first kappa shape index (κ1) is 20.1. The van der Waals surface area contributed by atoms with E-state index in [4.69, 9.17) is 4.74 Å². The topological polar surface area (TPSA) is 63.7 Å². The summed E-state index contributed by atoms with van der Waals surface area (Å²) in [5.41, 5.74) is 0.195. The van der Waals surface area contributed by atoms with Gasteiger partial charge >= 0.3 is 6.09 Å². The average Bonchev–Trinajstić information content (AvgIpc) is 3.03. The monoisotopic (exact) mass is 359 g/mol. The van der Waals surface area contributed by atoms with Gasteiger partial charge in [0.2, 0.25) is 0 Å². The highest BCUT2D eigenvalue weighted by atomic mass is 16.6. The molecule has 5 nitrogen and oxygen atoms in total. The first-order chi connectivity index (χ1) is 12.1. The Morgan fingerprint density at radius 3 is 2.27 bits per heavy atom. The van der Waals surface area contributed by atoms with Gasteiger partial charge in [0.05, 0.1) is 0 Å². The summed E-state index contributed by atoms with van der Waals surface area (Å²) in [5, 5.41) is 0. The van der Waals surface area contributed by atoms with E-state index in [0.717, 1.165) is 12.0 Å². The van der Waals surface area contributed by atoms with E-state index in [0.29, 0.717) is 12.8 Å². The Labute approximate surface area is 155 Å². The van der Waals surface area contributed by atoms with Crippen molar-refractivity contribution in [2.24, 2.45) is 5.92 Å². The number of amides is 1. The summed E-state index contributed by atoms with van der Waals surface area (Å²) < 4.78 is 5.41. The van der Waals surface area contributed by atoms with Crippen molar-refractivity contribution in [3.05, 3.63) is 35.9 Å². The number of ketones is 2. The van der Waals surface area contributed by atoms with Crippen LogP contribution in [0.1, 0.15) is 58.4 Å². The Balaban J connectivity index is 2.06. The zero-order valence-electron chi connectivity index (χ0n) is 16.3. The molecule has 0 aromatic heterocycles. The van der Waals surface area contributed by atoms with E-state index in [1.807, 2.05) is 51.1 Å². The molecule has 1 aliphatic carbocycles. The van der Waals surface area contributed by atoms with Crippen LogP contribution in [0.5, 0.6) is 0 Å². The Kier molecular flexibility index (Phi) is 6.21. The lowest BCUT2D eigenvalue weighted by Gasteiger charge is -2.28. The van der Waals surface area contributed by atoms with Crippen molar-refractivity contribution in [1.82, 2.24) is 4.90 Å². The molecular formula is C21H29NO4. The van der Waals surface area contributed by atoms with Crippen LogP contribution in [0, 0.1) is 5.92 Å². The van der Waals surface area contributed by atoms with Crippen molar-refractivity contribution in [3.8, 4) is 0 Å². The van der Waals surface area contributed by atoms with E-state index in [1.54, 1.807) is 11.9 Å². The van der Waals surface area contributed by atoms with E-state index < -0.39 is 11.5 Å². The highest BCUT2D eigenvalue weighted by molar-refractivity contribution is 6.07. The SMILES string of the molecule is CC(=O)C(C(=O)C1CCC(N(C)C(=O)OC(C)(C)C)C1)c1ccccc1. The second-order valence-electron chi connectivity index (χ2n) is 8.11. The zero-order valence-corrected chi connectivity index (χ0v) is 16.3. The number of nitrogens with zero attached hydrogens (tertiary/aromatic N) is 1. The van der Waals surface area contributed by atoms with Crippen LogP contribution in [-0.4, -0.2) is 41.3 Å². The molecule has 5 heteroatoms. The summed E-state index contributed by atoms with van der Waals surface area (Å²) in [4.78, 5) is 39.0. The molecule has 0 saturated heterocycles. The van der Waals surface area contributed by atoms with Gasteiger partial charge in [-0.3, -0.25) is 9.59 Å². The van der Waals surface area contributed by atoms with Crippen LogP contribution in [0.3, 0.4) is 0 Å². The van der Waals surface area contributed by atoms with Crippen LogP contribution in [0.2, 0.25) is 0 Å². The summed E-state index contributed by atoms with van der Waals surface area (Å²) in [6.07, 6.45) is 1.63. The van der Waals surface area contributed by atoms with Crippen LogP contribution in [0.25, 0.3) is 0 Å². The highest BCUT2D eigenvalue weighted by Crippen LogP contribution is 2.34. The lowest BCUT2D eigenvalue weighted by molar-refractivity contribution is -0.130. The van der Waals surface area contributed by atoms with Crippen LogP contribution in [0.4, 0.5) is 4.79 Å². The normalized spacial score (nSPS) is 21.1. The minimum absolute atomic E-state index is 0.0382. The maximum Gasteiger partial charge on any atom is 0.410 e. The maximum absolute atomic E-state index is 13.0. The third-order valence-electron chi connectivity index (χ3n) is 4.86. The van der Waals surface area contributed by atoms with Gasteiger partial charge in [-0.05, 0) is 52.5 Å². The first-order valence-corrected chi connectivity index (χ1v) is 9.15. The molecule has 1 fully saturated rings. The van der Waals surface area contributed by atoms with E-state index in [9.17, 15) is 14.4 Å². The van der Waals surface area contributed by atoms with Gasteiger partial charge in [-0.15, -0.1) is 0 Å². The molecule has 0 bridgehead atoms. The Bertz CT molecular complexity index is 662. The van der Waals surface area contributed by atoms with Crippen molar-refractivity contribution in [2.45, 2.75) is 64.5 Å². The number of carbonyl (C=O) groups excluding carboxylic acids is 3. The number of hydrogen-bond donors (Lipinski definition) is 0. The van der Waals surface area contributed by atoms with Gasteiger partial charge in [0.1, 0.15) is 17.3 Å². The molecule has 0 spiro atoms. The second-order valence-corrected chi connectivity index (χ2v) is 8.11. The average molecular weight is 359 g/mol. The van der Waals surface area contributed by atoms with Crippen molar-refractivity contribution in [3.63, 3.8) is 0 Å². The molecule has 1 aromatic rings. The number of ether oxygens (including phenoxy) is 1. The first-order valence-electron chi connectivity index (χ1n) is 9.15. The molecule has 3 unspecified atom stereocenters. The largest absolute Gasteiger partial charge is 0.444 e. The molecule has 0 radical (unpaired) electrons. The predicted molar refractivity (Wildman–Crippen MR) is 100.0 cm³/mol. The zero-order chi connectivity index (χ0) is 19.5. The van der Waals surface area contributed by atoms with Gasteiger partial charge in [-0.1, -0.05) is 30.3 Å².